The molecule has 2 aromatic rings. The van der Waals surface area contributed by atoms with Crippen LogP contribution in [-0.2, 0) is 9.53 Å². The molecule has 5 rings (SSSR count). The van der Waals surface area contributed by atoms with Crippen molar-refractivity contribution in [2.45, 2.75) is 65.1 Å². The molecule has 0 radical (unpaired) electrons. The number of ether oxygens (including phenoxy) is 1. The summed E-state index contributed by atoms with van der Waals surface area (Å²) in [4.78, 5) is 43.6. The van der Waals surface area contributed by atoms with Gasteiger partial charge in [-0.3, -0.25) is 9.59 Å². The second-order valence-electron chi connectivity index (χ2n) is 12.3. The van der Waals surface area contributed by atoms with Gasteiger partial charge in [-0.15, -0.1) is 0 Å². The van der Waals surface area contributed by atoms with Crippen molar-refractivity contribution in [3.63, 3.8) is 0 Å². The Morgan fingerprint density at radius 1 is 0.975 bits per heavy atom. The summed E-state index contributed by atoms with van der Waals surface area (Å²) in [6, 6.07) is 13.6. The zero-order valence-corrected chi connectivity index (χ0v) is 24.1. The van der Waals surface area contributed by atoms with Crippen LogP contribution in [0.3, 0.4) is 0 Å². The molecule has 1 aliphatic carbocycles. The van der Waals surface area contributed by atoms with Crippen molar-refractivity contribution in [2.75, 3.05) is 41.3 Å². The molecule has 214 valence electrons. The van der Waals surface area contributed by atoms with Crippen molar-refractivity contribution in [3.05, 3.63) is 53.6 Å². The number of nitrogens with one attached hydrogen (secondary N) is 1. The molecule has 3 aliphatic rings. The average molecular weight is 548 g/mol. The van der Waals surface area contributed by atoms with Crippen molar-refractivity contribution >= 4 is 35.0 Å². The first-order valence-electron chi connectivity index (χ1n) is 14.3. The Bertz CT molecular complexity index is 1290. The number of amides is 3. The molecular weight excluding hydrogens is 506 g/mol. The van der Waals surface area contributed by atoms with Crippen molar-refractivity contribution in [1.82, 2.24) is 4.90 Å². The van der Waals surface area contributed by atoms with Crippen molar-refractivity contribution in [3.8, 4) is 0 Å². The van der Waals surface area contributed by atoms with Gasteiger partial charge in [0.05, 0.1) is 17.4 Å². The Hall–Kier alpha value is -3.75. The Kier molecular flexibility index (Phi) is 7.42. The number of piperazine rings is 1. The van der Waals surface area contributed by atoms with E-state index in [1.54, 1.807) is 17.9 Å². The molecule has 3 atom stereocenters. The lowest BCUT2D eigenvalue weighted by molar-refractivity contribution is -0.117. The van der Waals surface area contributed by atoms with Crippen LogP contribution < -0.4 is 20.9 Å². The molecule has 2 heterocycles. The van der Waals surface area contributed by atoms with Crippen LogP contribution >= 0.6 is 0 Å². The third kappa shape index (κ3) is 5.60. The van der Waals surface area contributed by atoms with Gasteiger partial charge in [-0.25, -0.2) is 4.79 Å². The lowest BCUT2D eigenvalue weighted by Crippen LogP contribution is -2.51. The van der Waals surface area contributed by atoms with Gasteiger partial charge in [0.15, 0.2) is 0 Å². The van der Waals surface area contributed by atoms with E-state index in [1.165, 1.54) is 0 Å². The largest absolute Gasteiger partial charge is 0.444 e. The Morgan fingerprint density at radius 2 is 1.65 bits per heavy atom. The number of rotatable bonds is 5. The van der Waals surface area contributed by atoms with Gasteiger partial charge in [0.25, 0.3) is 0 Å². The second-order valence-corrected chi connectivity index (χ2v) is 12.3. The van der Waals surface area contributed by atoms with Gasteiger partial charge in [-0.1, -0.05) is 19.1 Å². The molecule has 1 saturated carbocycles. The summed E-state index contributed by atoms with van der Waals surface area (Å²) in [5, 5.41) is 3.82. The SMILES string of the molecule is CC(=O)N1c2ccc(C(N)=O)cc2[C@H](Nc2ccccc2N2CCN(C(=O)OC(C)(C)C)CC2)[C@@H](C)[C@H]1C1CC1. The fraction of sp³-hybridized carbons (Fsp3) is 0.516. The standard InChI is InChI=1S/C31H41N5O4/c1-19-27(23-18-22(29(32)38)12-13-25(23)36(20(2)37)28(19)21-10-11-21)33-24-8-6-7-9-26(24)34-14-16-35(17-15-34)30(39)40-31(3,4)5/h6-9,12-13,18-19,21,27-28,33H,10-11,14-17H2,1-5H3,(H2,32,38)/t19-,27-,28+/m1/s1. The second kappa shape index (κ2) is 10.7. The predicted molar refractivity (Wildman–Crippen MR) is 157 cm³/mol. The first-order valence-corrected chi connectivity index (χ1v) is 14.3. The zero-order chi connectivity index (χ0) is 28.8. The van der Waals surface area contributed by atoms with E-state index in [1.807, 2.05) is 49.9 Å². The van der Waals surface area contributed by atoms with Gasteiger partial charge in [0, 0.05) is 56.3 Å². The minimum absolute atomic E-state index is 0.0125. The highest BCUT2D eigenvalue weighted by Crippen LogP contribution is 2.50. The topological polar surface area (TPSA) is 108 Å². The fourth-order valence-corrected chi connectivity index (χ4v) is 6.21. The summed E-state index contributed by atoms with van der Waals surface area (Å²) in [5.74, 6) is 0.0853. The summed E-state index contributed by atoms with van der Waals surface area (Å²) in [7, 11) is 0. The maximum absolute atomic E-state index is 12.9. The average Bonchev–Trinajstić information content (AvgIpc) is 3.74. The lowest BCUT2D eigenvalue weighted by Gasteiger charge is -2.46. The minimum Gasteiger partial charge on any atom is -0.444 e. The number of hydrogen-bond acceptors (Lipinski definition) is 6. The minimum atomic E-state index is -0.525. The van der Waals surface area contributed by atoms with Gasteiger partial charge < -0.3 is 30.5 Å². The maximum atomic E-state index is 12.9. The van der Waals surface area contributed by atoms with Crippen molar-refractivity contribution in [2.24, 2.45) is 17.6 Å². The molecule has 9 nitrogen and oxygen atoms in total. The number of benzene rings is 2. The van der Waals surface area contributed by atoms with E-state index in [0.717, 1.165) is 35.5 Å². The summed E-state index contributed by atoms with van der Waals surface area (Å²) < 4.78 is 5.57. The van der Waals surface area contributed by atoms with Gasteiger partial charge in [0.2, 0.25) is 11.8 Å². The summed E-state index contributed by atoms with van der Waals surface area (Å²) in [6.45, 7) is 12.0. The number of primary amides is 1. The first kappa shape index (κ1) is 27.8. The number of carbonyl (C=O) groups is 3. The number of anilines is 3. The monoisotopic (exact) mass is 547 g/mol. The van der Waals surface area contributed by atoms with Gasteiger partial charge in [-0.05, 0) is 75.4 Å². The fourth-order valence-electron chi connectivity index (χ4n) is 6.21. The molecule has 2 fully saturated rings. The van der Waals surface area contributed by atoms with E-state index in [9.17, 15) is 14.4 Å². The molecule has 2 aliphatic heterocycles. The van der Waals surface area contributed by atoms with Gasteiger partial charge in [0.1, 0.15) is 5.60 Å². The van der Waals surface area contributed by atoms with E-state index in [4.69, 9.17) is 10.5 Å². The smallest absolute Gasteiger partial charge is 0.410 e. The van der Waals surface area contributed by atoms with Crippen LogP contribution in [0.15, 0.2) is 42.5 Å². The Morgan fingerprint density at radius 3 is 2.25 bits per heavy atom. The Balaban J connectivity index is 1.43. The van der Waals surface area contributed by atoms with Crippen LogP contribution in [0.1, 0.15) is 69.4 Å². The quantitative estimate of drug-likeness (QED) is 0.558. The molecule has 0 bridgehead atoms. The molecule has 0 aromatic heterocycles. The molecule has 2 aromatic carbocycles. The van der Waals surface area contributed by atoms with Crippen LogP contribution in [0, 0.1) is 11.8 Å². The summed E-state index contributed by atoms with van der Waals surface area (Å²) in [5.41, 5.74) is 9.35. The summed E-state index contributed by atoms with van der Waals surface area (Å²) in [6.07, 6.45) is 1.94. The molecule has 1 saturated heterocycles. The number of carbonyl (C=O) groups excluding carboxylic acids is 3. The molecule has 40 heavy (non-hydrogen) atoms. The van der Waals surface area contributed by atoms with E-state index in [-0.39, 0.29) is 30.0 Å². The third-order valence-corrected chi connectivity index (χ3v) is 8.20. The highest BCUT2D eigenvalue weighted by atomic mass is 16.6. The molecule has 3 amide bonds. The van der Waals surface area contributed by atoms with E-state index < -0.39 is 11.5 Å². The normalized spacial score (nSPS) is 22.9. The highest BCUT2D eigenvalue weighted by Gasteiger charge is 2.47. The van der Waals surface area contributed by atoms with Crippen LogP contribution in [0.2, 0.25) is 0 Å². The van der Waals surface area contributed by atoms with Crippen LogP contribution in [0.4, 0.5) is 21.9 Å². The lowest BCUT2D eigenvalue weighted by atomic mass is 9.79. The van der Waals surface area contributed by atoms with Gasteiger partial charge >= 0.3 is 6.09 Å². The van der Waals surface area contributed by atoms with E-state index in [0.29, 0.717) is 37.7 Å². The van der Waals surface area contributed by atoms with Gasteiger partial charge in [-0.2, -0.15) is 0 Å². The van der Waals surface area contributed by atoms with Crippen LogP contribution in [0.25, 0.3) is 0 Å². The van der Waals surface area contributed by atoms with Crippen molar-refractivity contribution in [1.29, 1.82) is 0 Å². The number of nitrogens with two attached hydrogens (primary N) is 1. The van der Waals surface area contributed by atoms with Crippen LogP contribution in [0.5, 0.6) is 0 Å². The van der Waals surface area contributed by atoms with E-state index >= 15 is 0 Å². The zero-order valence-electron chi connectivity index (χ0n) is 24.1. The molecule has 3 N–H and O–H groups in total. The number of nitrogens with zero attached hydrogens (tertiary/aromatic N) is 3. The molecular formula is C31H41N5O4. The Labute approximate surface area is 236 Å². The van der Waals surface area contributed by atoms with Crippen LogP contribution in [-0.4, -0.2) is 60.6 Å². The van der Waals surface area contributed by atoms with E-state index in [2.05, 4.69) is 29.3 Å². The molecule has 0 spiro atoms. The number of para-hydroxylation sites is 2. The number of fused-ring (bicyclic) bond motifs is 1. The number of hydrogen-bond donors (Lipinski definition) is 2. The highest BCUT2D eigenvalue weighted by molar-refractivity contribution is 5.97. The molecule has 0 unspecified atom stereocenters. The predicted octanol–water partition coefficient (Wildman–Crippen LogP) is 4.78. The third-order valence-electron chi connectivity index (χ3n) is 8.20. The first-order chi connectivity index (χ1) is 18.9. The summed E-state index contributed by atoms with van der Waals surface area (Å²) >= 11 is 0. The van der Waals surface area contributed by atoms with Crippen molar-refractivity contribution < 1.29 is 19.1 Å². The molecule has 9 heteroatoms. The maximum Gasteiger partial charge on any atom is 0.410 e.